The minimum Gasteiger partial charge on any atom is -0.324 e. The average molecular weight is 229 g/mol. The van der Waals surface area contributed by atoms with E-state index < -0.39 is 0 Å². The Morgan fingerprint density at radius 1 is 1.41 bits per heavy atom. The Morgan fingerprint density at radius 3 is 2.76 bits per heavy atom. The van der Waals surface area contributed by atoms with E-state index in [1.807, 2.05) is 6.92 Å². The van der Waals surface area contributed by atoms with E-state index in [1.54, 1.807) is 0 Å². The summed E-state index contributed by atoms with van der Waals surface area (Å²) in [7, 11) is 0. The third kappa shape index (κ3) is 1.65. The van der Waals surface area contributed by atoms with Gasteiger partial charge in [0, 0.05) is 18.2 Å². The lowest BCUT2D eigenvalue weighted by molar-refractivity contribution is 0.400. The first-order valence-electron chi connectivity index (χ1n) is 6.41. The highest BCUT2D eigenvalue weighted by Gasteiger charge is 2.24. The molecule has 0 spiro atoms. The third-order valence-electron chi connectivity index (χ3n) is 3.87. The summed E-state index contributed by atoms with van der Waals surface area (Å²) in [6.45, 7) is 4.11. The minimum atomic E-state index is 0.0800. The highest BCUT2D eigenvalue weighted by atomic mass is 15.0. The van der Waals surface area contributed by atoms with E-state index in [0.29, 0.717) is 5.92 Å². The molecule has 1 saturated carbocycles. The Kier molecular flexibility index (Phi) is 2.44. The van der Waals surface area contributed by atoms with Crippen molar-refractivity contribution in [2.45, 2.75) is 45.1 Å². The topological polar surface area (TPSA) is 43.3 Å². The Hall–Kier alpha value is -1.35. The van der Waals surface area contributed by atoms with Crippen LogP contribution in [0, 0.1) is 6.92 Å². The predicted octanol–water partition coefficient (Wildman–Crippen LogP) is 2.93. The number of fused-ring (bicyclic) bond motifs is 1. The van der Waals surface area contributed by atoms with Crippen LogP contribution < -0.4 is 5.73 Å². The number of imidazole rings is 1. The molecular weight excluding hydrogens is 210 g/mol. The first kappa shape index (κ1) is 10.8. The van der Waals surface area contributed by atoms with E-state index in [0.717, 1.165) is 5.69 Å². The molecule has 3 heteroatoms. The molecule has 3 rings (SSSR count). The van der Waals surface area contributed by atoms with Crippen molar-refractivity contribution in [3.05, 3.63) is 35.4 Å². The SMILES string of the molecule is Cc1nc(C2CCC2)n2cc(C(C)N)ccc12. The van der Waals surface area contributed by atoms with Gasteiger partial charge in [-0.3, -0.25) is 0 Å². The molecule has 0 radical (unpaired) electrons. The molecule has 2 heterocycles. The smallest absolute Gasteiger partial charge is 0.116 e. The summed E-state index contributed by atoms with van der Waals surface area (Å²) < 4.78 is 2.25. The molecule has 1 atom stereocenters. The number of pyridine rings is 1. The lowest BCUT2D eigenvalue weighted by Crippen LogP contribution is -2.13. The fourth-order valence-electron chi connectivity index (χ4n) is 2.51. The van der Waals surface area contributed by atoms with Crippen molar-refractivity contribution in [3.8, 4) is 0 Å². The summed E-state index contributed by atoms with van der Waals surface area (Å²) >= 11 is 0. The second-order valence-electron chi connectivity index (χ2n) is 5.19. The van der Waals surface area contributed by atoms with Crippen molar-refractivity contribution >= 4 is 5.52 Å². The van der Waals surface area contributed by atoms with Crippen LogP contribution in [0.15, 0.2) is 18.3 Å². The molecule has 0 aromatic carbocycles. The minimum absolute atomic E-state index is 0.0800. The van der Waals surface area contributed by atoms with Gasteiger partial charge in [-0.15, -0.1) is 0 Å². The van der Waals surface area contributed by atoms with E-state index in [-0.39, 0.29) is 6.04 Å². The lowest BCUT2D eigenvalue weighted by Gasteiger charge is -2.24. The molecule has 1 fully saturated rings. The molecule has 0 amide bonds. The van der Waals surface area contributed by atoms with Gasteiger partial charge >= 0.3 is 0 Å². The molecule has 0 saturated heterocycles. The van der Waals surface area contributed by atoms with Crippen LogP contribution in [0.5, 0.6) is 0 Å². The molecule has 1 aliphatic rings. The third-order valence-corrected chi connectivity index (χ3v) is 3.87. The van der Waals surface area contributed by atoms with Gasteiger partial charge in [0.2, 0.25) is 0 Å². The van der Waals surface area contributed by atoms with Crippen LogP contribution in [0.3, 0.4) is 0 Å². The number of aryl methyl sites for hydroxylation is 1. The Balaban J connectivity index is 2.17. The van der Waals surface area contributed by atoms with Gasteiger partial charge in [0.15, 0.2) is 0 Å². The molecular formula is C14H19N3. The quantitative estimate of drug-likeness (QED) is 0.860. The molecule has 2 N–H and O–H groups in total. The van der Waals surface area contributed by atoms with Gasteiger partial charge in [-0.2, -0.15) is 0 Å². The average Bonchev–Trinajstić information content (AvgIpc) is 2.54. The molecule has 3 nitrogen and oxygen atoms in total. The van der Waals surface area contributed by atoms with Crippen molar-refractivity contribution < 1.29 is 0 Å². The normalized spacial score (nSPS) is 18.3. The van der Waals surface area contributed by atoms with Crippen LogP contribution >= 0.6 is 0 Å². The Labute approximate surface area is 102 Å². The maximum absolute atomic E-state index is 5.95. The molecule has 1 aliphatic carbocycles. The molecule has 0 bridgehead atoms. The van der Waals surface area contributed by atoms with Gasteiger partial charge in [0.05, 0.1) is 11.2 Å². The zero-order valence-corrected chi connectivity index (χ0v) is 10.5. The largest absolute Gasteiger partial charge is 0.324 e. The van der Waals surface area contributed by atoms with Crippen LogP contribution in [0.2, 0.25) is 0 Å². The van der Waals surface area contributed by atoms with Gasteiger partial charge in [-0.05, 0) is 38.3 Å². The van der Waals surface area contributed by atoms with Crippen LogP contribution in [-0.2, 0) is 0 Å². The monoisotopic (exact) mass is 229 g/mol. The van der Waals surface area contributed by atoms with Gasteiger partial charge in [0.25, 0.3) is 0 Å². The summed E-state index contributed by atoms with van der Waals surface area (Å²) in [5, 5.41) is 0. The second kappa shape index (κ2) is 3.84. The molecule has 2 aromatic rings. The molecule has 0 aliphatic heterocycles. The highest BCUT2D eigenvalue weighted by molar-refractivity contribution is 5.54. The van der Waals surface area contributed by atoms with Gasteiger partial charge < -0.3 is 10.1 Å². The number of hydrogen-bond donors (Lipinski definition) is 1. The fraction of sp³-hybridized carbons (Fsp3) is 0.500. The van der Waals surface area contributed by atoms with E-state index in [4.69, 9.17) is 10.7 Å². The zero-order valence-electron chi connectivity index (χ0n) is 10.5. The maximum Gasteiger partial charge on any atom is 0.116 e. The van der Waals surface area contributed by atoms with Gasteiger partial charge in [-0.1, -0.05) is 12.5 Å². The van der Waals surface area contributed by atoms with Crippen LogP contribution in [-0.4, -0.2) is 9.38 Å². The van der Waals surface area contributed by atoms with Crippen molar-refractivity contribution in [3.63, 3.8) is 0 Å². The fourth-order valence-corrected chi connectivity index (χ4v) is 2.51. The Morgan fingerprint density at radius 2 is 2.18 bits per heavy atom. The summed E-state index contributed by atoms with van der Waals surface area (Å²) in [4.78, 5) is 4.73. The van der Waals surface area contributed by atoms with Crippen molar-refractivity contribution in [1.82, 2.24) is 9.38 Å². The van der Waals surface area contributed by atoms with E-state index in [9.17, 15) is 0 Å². The number of hydrogen-bond acceptors (Lipinski definition) is 2. The molecule has 2 aromatic heterocycles. The second-order valence-corrected chi connectivity index (χ2v) is 5.19. The van der Waals surface area contributed by atoms with Crippen LogP contribution in [0.4, 0.5) is 0 Å². The lowest BCUT2D eigenvalue weighted by atomic mass is 9.85. The van der Waals surface area contributed by atoms with Crippen molar-refractivity contribution in [1.29, 1.82) is 0 Å². The van der Waals surface area contributed by atoms with Crippen LogP contribution in [0.25, 0.3) is 5.52 Å². The Bertz CT molecular complexity index is 550. The standard InChI is InChI=1S/C14H19N3/c1-9(15)12-6-7-13-10(2)16-14(17(13)8-12)11-4-3-5-11/h6-9,11H,3-5,15H2,1-2H3. The van der Waals surface area contributed by atoms with Crippen molar-refractivity contribution in [2.75, 3.05) is 0 Å². The number of nitrogens with zero attached hydrogens (tertiary/aromatic N) is 2. The van der Waals surface area contributed by atoms with E-state index in [2.05, 4.69) is 29.7 Å². The number of rotatable bonds is 2. The van der Waals surface area contributed by atoms with Gasteiger partial charge in [-0.25, -0.2) is 4.98 Å². The summed E-state index contributed by atoms with van der Waals surface area (Å²) in [6, 6.07) is 4.33. The van der Waals surface area contributed by atoms with E-state index >= 15 is 0 Å². The first-order chi connectivity index (χ1) is 8.16. The summed E-state index contributed by atoms with van der Waals surface area (Å²) in [5.41, 5.74) is 9.47. The molecule has 17 heavy (non-hydrogen) atoms. The first-order valence-corrected chi connectivity index (χ1v) is 6.41. The van der Waals surface area contributed by atoms with E-state index in [1.165, 1.54) is 36.2 Å². The maximum atomic E-state index is 5.95. The van der Waals surface area contributed by atoms with Crippen LogP contribution in [0.1, 0.15) is 55.2 Å². The summed E-state index contributed by atoms with van der Waals surface area (Å²) in [5.74, 6) is 1.88. The number of aromatic nitrogens is 2. The zero-order chi connectivity index (χ0) is 12.0. The molecule has 90 valence electrons. The number of nitrogens with two attached hydrogens (primary N) is 1. The van der Waals surface area contributed by atoms with Gasteiger partial charge in [0.1, 0.15) is 5.82 Å². The highest BCUT2D eigenvalue weighted by Crippen LogP contribution is 2.36. The predicted molar refractivity (Wildman–Crippen MR) is 69.1 cm³/mol. The van der Waals surface area contributed by atoms with Crippen molar-refractivity contribution in [2.24, 2.45) is 5.73 Å². The summed E-state index contributed by atoms with van der Waals surface area (Å²) in [6.07, 6.45) is 6.06. The molecule has 1 unspecified atom stereocenters.